The van der Waals surface area contributed by atoms with E-state index in [4.69, 9.17) is 0 Å². The molecule has 1 amide bonds. The van der Waals surface area contributed by atoms with Crippen LogP contribution < -0.4 is 5.32 Å². The molecule has 0 radical (unpaired) electrons. The van der Waals surface area contributed by atoms with E-state index in [1.807, 2.05) is 60.7 Å². The number of carbonyl (C=O) groups is 1. The smallest absolute Gasteiger partial charge is 0.231 e. The van der Waals surface area contributed by atoms with Crippen molar-refractivity contribution in [3.8, 4) is 11.8 Å². The van der Waals surface area contributed by atoms with Gasteiger partial charge in [-0.3, -0.25) is 4.79 Å². The predicted molar refractivity (Wildman–Crippen MR) is 88.3 cm³/mol. The Morgan fingerprint density at radius 2 is 1.64 bits per heavy atom. The Morgan fingerprint density at radius 1 is 1.00 bits per heavy atom. The fourth-order valence-corrected chi connectivity index (χ4v) is 2.90. The molecular formula is C20H19NO. The van der Waals surface area contributed by atoms with Crippen molar-refractivity contribution in [2.24, 2.45) is 0 Å². The monoisotopic (exact) mass is 289 g/mol. The van der Waals surface area contributed by atoms with Crippen LogP contribution in [0.3, 0.4) is 0 Å². The summed E-state index contributed by atoms with van der Waals surface area (Å²) >= 11 is 0. The maximum atomic E-state index is 12.6. The number of benzene rings is 2. The molecule has 1 saturated carbocycles. The number of amides is 1. The average molecular weight is 289 g/mol. The van der Waals surface area contributed by atoms with Crippen molar-refractivity contribution in [3.05, 3.63) is 71.8 Å². The number of hydrogen-bond donors (Lipinski definition) is 1. The molecule has 1 aliphatic carbocycles. The molecule has 0 aromatic heterocycles. The summed E-state index contributed by atoms with van der Waals surface area (Å²) in [5.74, 6) is 6.19. The number of carbonyl (C=O) groups excluding carboxylic acids is 1. The summed E-state index contributed by atoms with van der Waals surface area (Å²) in [5.41, 5.74) is 1.75. The van der Waals surface area contributed by atoms with Gasteiger partial charge in [-0.05, 0) is 30.5 Å². The second-order valence-corrected chi connectivity index (χ2v) is 5.65. The Hall–Kier alpha value is -2.53. The molecule has 0 saturated heterocycles. The SMILES string of the molecule is O=C(NCC#Cc1ccccc1)C1(c2ccccc2)CCC1. The highest BCUT2D eigenvalue weighted by atomic mass is 16.2. The quantitative estimate of drug-likeness (QED) is 0.863. The van der Waals surface area contributed by atoms with E-state index in [-0.39, 0.29) is 11.3 Å². The first-order valence-corrected chi connectivity index (χ1v) is 7.69. The van der Waals surface area contributed by atoms with E-state index in [0.29, 0.717) is 6.54 Å². The molecule has 110 valence electrons. The Balaban J connectivity index is 1.63. The molecule has 1 fully saturated rings. The molecule has 2 aromatic rings. The summed E-state index contributed by atoms with van der Waals surface area (Å²) in [7, 11) is 0. The molecule has 0 atom stereocenters. The van der Waals surface area contributed by atoms with Gasteiger partial charge in [-0.25, -0.2) is 0 Å². The second-order valence-electron chi connectivity index (χ2n) is 5.65. The summed E-state index contributed by atoms with van der Waals surface area (Å²) in [6, 6.07) is 19.9. The molecule has 2 aromatic carbocycles. The molecule has 0 bridgehead atoms. The van der Waals surface area contributed by atoms with Gasteiger partial charge in [0.05, 0.1) is 12.0 Å². The zero-order valence-corrected chi connectivity index (χ0v) is 12.5. The van der Waals surface area contributed by atoms with Crippen LogP contribution in [0.25, 0.3) is 0 Å². The second kappa shape index (κ2) is 6.49. The zero-order chi connectivity index (χ0) is 15.3. The van der Waals surface area contributed by atoms with Crippen LogP contribution in [0, 0.1) is 11.8 Å². The first kappa shape index (κ1) is 14.4. The summed E-state index contributed by atoms with van der Waals surface area (Å²) in [6.07, 6.45) is 2.96. The first-order valence-electron chi connectivity index (χ1n) is 7.69. The molecule has 1 N–H and O–H groups in total. The minimum Gasteiger partial charge on any atom is -0.344 e. The molecule has 0 aliphatic heterocycles. The lowest BCUT2D eigenvalue weighted by Crippen LogP contribution is -2.49. The summed E-state index contributed by atoms with van der Waals surface area (Å²) < 4.78 is 0. The van der Waals surface area contributed by atoms with Crippen molar-refractivity contribution in [1.82, 2.24) is 5.32 Å². The highest BCUT2D eigenvalue weighted by Crippen LogP contribution is 2.43. The molecule has 3 rings (SSSR count). The van der Waals surface area contributed by atoms with Crippen LogP contribution in [-0.4, -0.2) is 12.5 Å². The summed E-state index contributed by atoms with van der Waals surface area (Å²) in [5, 5.41) is 2.98. The molecule has 0 unspecified atom stereocenters. The van der Waals surface area contributed by atoms with Gasteiger partial charge in [0, 0.05) is 5.56 Å². The minimum atomic E-state index is -0.338. The fraction of sp³-hybridized carbons (Fsp3) is 0.250. The van der Waals surface area contributed by atoms with E-state index in [2.05, 4.69) is 17.2 Å². The van der Waals surface area contributed by atoms with Crippen LogP contribution in [0.1, 0.15) is 30.4 Å². The van der Waals surface area contributed by atoms with E-state index in [0.717, 1.165) is 30.4 Å². The zero-order valence-electron chi connectivity index (χ0n) is 12.5. The third-order valence-corrected chi connectivity index (χ3v) is 4.31. The van der Waals surface area contributed by atoms with Crippen LogP contribution in [0.4, 0.5) is 0 Å². The van der Waals surface area contributed by atoms with Crippen molar-refractivity contribution in [2.75, 3.05) is 6.54 Å². The van der Waals surface area contributed by atoms with Gasteiger partial charge in [0.1, 0.15) is 0 Å². The number of nitrogens with one attached hydrogen (secondary N) is 1. The fourth-order valence-electron chi connectivity index (χ4n) is 2.90. The largest absolute Gasteiger partial charge is 0.344 e. The van der Waals surface area contributed by atoms with Crippen LogP contribution >= 0.6 is 0 Å². The van der Waals surface area contributed by atoms with Gasteiger partial charge in [-0.2, -0.15) is 0 Å². The van der Waals surface area contributed by atoms with Crippen molar-refractivity contribution >= 4 is 5.91 Å². The topological polar surface area (TPSA) is 29.1 Å². The van der Waals surface area contributed by atoms with E-state index in [1.54, 1.807) is 0 Å². The highest BCUT2D eigenvalue weighted by Gasteiger charge is 2.45. The maximum Gasteiger partial charge on any atom is 0.231 e. The average Bonchev–Trinajstić information content (AvgIpc) is 2.53. The maximum absolute atomic E-state index is 12.6. The van der Waals surface area contributed by atoms with E-state index in [9.17, 15) is 4.79 Å². The van der Waals surface area contributed by atoms with Crippen molar-refractivity contribution < 1.29 is 4.79 Å². The molecule has 0 heterocycles. The molecular weight excluding hydrogens is 270 g/mol. The van der Waals surface area contributed by atoms with Gasteiger partial charge in [0.15, 0.2) is 0 Å². The lowest BCUT2D eigenvalue weighted by Gasteiger charge is -2.40. The van der Waals surface area contributed by atoms with Crippen LogP contribution in [-0.2, 0) is 10.2 Å². The normalized spacial score (nSPS) is 15.1. The number of hydrogen-bond acceptors (Lipinski definition) is 1. The van der Waals surface area contributed by atoms with Gasteiger partial charge < -0.3 is 5.32 Å². The predicted octanol–water partition coefficient (Wildman–Crippen LogP) is 3.28. The molecule has 22 heavy (non-hydrogen) atoms. The van der Waals surface area contributed by atoms with Crippen molar-refractivity contribution in [2.45, 2.75) is 24.7 Å². The van der Waals surface area contributed by atoms with Gasteiger partial charge >= 0.3 is 0 Å². The first-order chi connectivity index (χ1) is 10.8. The van der Waals surface area contributed by atoms with Gasteiger partial charge in [0.2, 0.25) is 5.91 Å². The van der Waals surface area contributed by atoms with Gasteiger partial charge in [-0.1, -0.05) is 66.8 Å². The van der Waals surface area contributed by atoms with Gasteiger partial charge in [0.25, 0.3) is 0 Å². The lowest BCUT2D eigenvalue weighted by molar-refractivity contribution is -0.129. The van der Waals surface area contributed by atoms with Gasteiger partial charge in [-0.15, -0.1) is 0 Å². The van der Waals surface area contributed by atoms with Crippen molar-refractivity contribution in [1.29, 1.82) is 0 Å². The highest BCUT2D eigenvalue weighted by molar-refractivity contribution is 5.89. The summed E-state index contributed by atoms with van der Waals surface area (Å²) in [6.45, 7) is 0.391. The number of rotatable bonds is 3. The van der Waals surface area contributed by atoms with E-state index < -0.39 is 0 Å². The molecule has 0 spiro atoms. The molecule has 1 aliphatic rings. The Bertz CT molecular complexity index is 691. The van der Waals surface area contributed by atoms with Crippen molar-refractivity contribution in [3.63, 3.8) is 0 Å². The van der Waals surface area contributed by atoms with E-state index >= 15 is 0 Å². The Morgan fingerprint density at radius 3 is 2.23 bits per heavy atom. The van der Waals surface area contributed by atoms with E-state index in [1.165, 1.54) is 0 Å². The standard InChI is InChI=1S/C20H19NO/c22-19(21-16-7-11-17-9-3-1-4-10-17)20(14-8-15-20)18-12-5-2-6-13-18/h1-6,9-10,12-13H,8,14-16H2,(H,21,22). The third-order valence-electron chi connectivity index (χ3n) is 4.31. The summed E-state index contributed by atoms with van der Waals surface area (Å²) in [4.78, 5) is 12.6. The van der Waals surface area contributed by atoms with Crippen LogP contribution in [0.15, 0.2) is 60.7 Å². The Labute approximate surface area is 131 Å². The minimum absolute atomic E-state index is 0.104. The Kier molecular flexibility index (Phi) is 4.25. The van der Waals surface area contributed by atoms with Crippen LogP contribution in [0.5, 0.6) is 0 Å². The molecule has 2 heteroatoms. The lowest BCUT2D eigenvalue weighted by atomic mass is 9.64. The molecule has 2 nitrogen and oxygen atoms in total. The third kappa shape index (κ3) is 2.89. The van der Waals surface area contributed by atoms with Crippen LogP contribution in [0.2, 0.25) is 0 Å².